The number of halogens is 1. The number of nitrogens with one attached hydrogen (secondary N) is 1. The van der Waals surface area contributed by atoms with E-state index < -0.39 is 0 Å². The zero-order valence-corrected chi connectivity index (χ0v) is 12.0. The van der Waals surface area contributed by atoms with Gasteiger partial charge in [-0.2, -0.15) is 0 Å². The largest absolute Gasteiger partial charge is 0.465 e. The van der Waals surface area contributed by atoms with E-state index in [9.17, 15) is 4.79 Å². The molecule has 1 aromatic rings. The van der Waals surface area contributed by atoms with Crippen LogP contribution in [0.1, 0.15) is 15.9 Å². The van der Waals surface area contributed by atoms with E-state index in [0.717, 1.165) is 37.2 Å². The topological polar surface area (TPSA) is 41.6 Å². The Hall–Kier alpha value is -0.910. The van der Waals surface area contributed by atoms with Gasteiger partial charge in [0.2, 0.25) is 0 Å². The third-order valence-electron chi connectivity index (χ3n) is 3.08. The van der Waals surface area contributed by atoms with Gasteiger partial charge < -0.3 is 10.1 Å². The summed E-state index contributed by atoms with van der Waals surface area (Å²) in [6.45, 7) is 5.11. The Morgan fingerprint density at radius 1 is 1.44 bits per heavy atom. The first kappa shape index (κ1) is 13.5. The molecule has 2 rings (SSSR count). The van der Waals surface area contributed by atoms with Crippen LogP contribution >= 0.6 is 15.9 Å². The zero-order chi connectivity index (χ0) is 13.0. The normalized spacial score (nSPS) is 16.6. The van der Waals surface area contributed by atoms with Gasteiger partial charge in [-0.1, -0.05) is 22.0 Å². The van der Waals surface area contributed by atoms with Crippen molar-refractivity contribution >= 4 is 21.9 Å². The molecule has 0 radical (unpaired) electrons. The summed E-state index contributed by atoms with van der Waals surface area (Å²) in [6.07, 6.45) is 0. The van der Waals surface area contributed by atoms with E-state index in [1.165, 1.54) is 12.7 Å². The lowest BCUT2D eigenvalue weighted by atomic mass is 10.1. The summed E-state index contributed by atoms with van der Waals surface area (Å²) < 4.78 is 5.66. The highest BCUT2D eigenvalue weighted by molar-refractivity contribution is 9.10. The smallest absolute Gasteiger partial charge is 0.337 e. The monoisotopic (exact) mass is 312 g/mol. The number of carbonyl (C=O) groups is 1. The van der Waals surface area contributed by atoms with Crippen molar-refractivity contribution in [2.24, 2.45) is 0 Å². The van der Waals surface area contributed by atoms with Gasteiger partial charge in [0.25, 0.3) is 0 Å². The molecule has 1 aliphatic rings. The highest BCUT2D eigenvalue weighted by atomic mass is 79.9. The van der Waals surface area contributed by atoms with Crippen LogP contribution in [0.5, 0.6) is 0 Å². The van der Waals surface area contributed by atoms with Gasteiger partial charge in [-0.15, -0.1) is 0 Å². The summed E-state index contributed by atoms with van der Waals surface area (Å²) in [5.74, 6) is -0.301. The number of hydrogen-bond donors (Lipinski definition) is 1. The number of carbonyl (C=O) groups excluding carboxylic acids is 1. The fourth-order valence-electron chi connectivity index (χ4n) is 2.03. The molecule has 1 aliphatic heterocycles. The van der Waals surface area contributed by atoms with Gasteiger partial charge >= 0.3 is 5.97 Å². The average molecular weight is 313 g/mol. The van der Waals surface area contributed by atoms with Gasteiger partial charge in [0.15, 0.2) is 0 Å². The lowest BCUT2D eigenvalue weighted by Gasteiger charge is -2.27. The number of hydrogen-bond acceptors (Lipinski definition) is 4. The van der Waals surface area contributed by atoms with Crippen LogP contribution < -0.4 is 5.32 Å². The predicted molar refractivity (Wildman–Crippen MR) is 73.6 cm³/mol. The Bertz CT molecular complexity index is 431. The minimum absolute atomic E-state index is 0.301. The van der Waals surface area contributed by atoms with Gasteiger partial charge in [0.05, 0.1) is 12.7 Å². The van der Waals surface area contributed by atoms with Crippen molar-refractivity contribution in [3.8, 4) is 0 Å². The van der Waals surface area contributed by atoms with E-state index in [2.05, 4.69) is 26.1 Å². The number of ether oxygens (including phenoxy) is 1. The molecule has 0 aromatic heterocycles. The van der Waals surface area contributed by atoms with E-state index in [0.29, 0.717) is 5.56 Å². The first-order valence-electron chi connectivity index (χ1n) is 6.00. The van der Waals surface area contributed by atoms with Crippen molar-refractivity contribution in [1.29, 1.82) is 0 Å². The van der Waals surface area contributed by atoms with Crippen molar-refractivity contribution in [2.45, 2.75) is 6.54 Å². The highest BCUT2D eigenvalue weighted by Crippen LogP contribution is 2.21. The van der Waals surface area contributed by atoms with Gasteiger partial charge in [-0.25, -0.2) is 4.79 Å². The predicted octanol–water partition coefficient (Wildman–Crippen LogP) is 1.64. The molecule has 0 unspecified atom stereocenters. The molecule has 1 N–H and O–H groups in total. The van der Waals surface area contributed by atoms with Crippen molar-refractivity contribution < 1.29 is 9.53 Å². The SMILES string of the molecule is COC(=O)c1ccc(CN2CCNCC2)c(Br)c1. The van der Waals surface area contributed by atoms with Crippen LogP contribution in [-0.2, 0) is 11.3 Å². The molecule has 0 aliphatic carbocycles. The molecule has 98 valence electrons. The number of benzene rings is 1. The molecule has 0 saturated carbocycles. The number of nitrogens with zero attached hydrogens (tertiary/aromatic N) is 1. The molecule has 0 spiro atoms. The molecule has 1 heterocycles. The number of methoxy groups -OCH3 is 1. The second-order valence-electron chi connectivity index (χ2n) is 4.32. The molecular weight excluding hydrogens is 296 g/mol. The molecule has 18 heavy (non-hydrogen) atoms. The van der Waals surface area contributed by atoms with Crippen LogP contribution in [-0.4, -0.2) is 44.2 Å². The van der Waals surface area contributed by atoms with E-state index in [1.807, 2.05) is 18.2 Å². The Balaban J connectivity index is 2.07. The second-order valence-corrected chi connectivity index (χ2v) is 5.18. The van der Waals surface area contributed by atoms with E-state index in [4.69, 9.17) is 4.74 Å². The van der Waals surface area contributed by atoms with Gasteiger partial charge in [-0.05, 0) is 17.7 Å². The molecule has 1 fully saturated rings. The van der Waals surface area contributed by atoms with E-state index in [1.54, 1.807) is 0 Å². The molecule has 5 heteroatoms. The first-order chi connectivity index (χ1) is 8.70. The van der Waals surface area contributed by atoms with Crippen molar-refractivity contribution in [3.05, 3.63) is 33.8 Å². The van der Waals surface area contributed by atoms with Crippen LogP contribution in [0, 0.1) is 0 Å². The van der Waals surface area contributed by atoms with Crippen molar-refractivity contribution in [3.63, 3.8) is 0 Å². The quantitative estimate of drug-likeness (QED) is 0.862. The summed E-state index contributed by atoms with van der Waals surface area (Å²) in [7, 11) is 1.39. The molecular formula is C13H17BrN2O2. The molecule has 0 atom stereocenters. The summed E-state index contributed by atoms with van der Waals surface area (Å²) in [6, 6.07) is 5.62. The number of piperazine rings is 1. The first-order valence-corrected chi connectivity index (χ1v) is 6.80. The molecule has 4 nitrogen and oxygen atoms in total. The maximum atomic E-state index is 11.4. The zero-order valence-electron chi connectivity index (χ0n) is 10.4. The maximum Gasteiger partial charge on any atom is 0.337 e. The fraction of sp³-hybridized carbons (Fsp3) is 0.462. The fourth-order valence-corrected chi connectivity index (χ4v) is 2.53. The highest BCUT2D eigenvalue weighted by Gasteiger charge is 2.13. The molecule has 0 amide bonds. The van der Waals surface area contributed by atoms with Crippen LogP contribution in [0.25, 0.3) is 0 Å². The van der Waals surface area contributed by atoms with Crippen molar-refractivity contribution in [2.75, 3.05) is 33.3 Å². The second kappa shape index (κ2) is 6.31. The Kier molecular flexibility index (Phi) is 4.74. The average Bonchev–Trinajstić information content (AvgIpc) is 2.41. The minimum Gasteiger partial charge on any atom is -0.465 e. The van der Waals surface area contributed by atoms with E-state index >= 15 is 0 Å². The van der Waals surface area contributed by atoms with Crippen LogP contribution in [0.2, 0.25) is 0 Å². The van der Waals surface area contributed by atoms with Gasteiger partial charge in [0, 0.05) is 37.2 Å². The summed E-state index contributed by atoms with van der Waals surface area (Å²) >= 11 is 3.52. The Morgan fingerprint density at radius 2 is 2.17 bits per heavy atom. The van der Waals surface area contributed by atoms with Crippen LogP contribution in [0.4, 0.5) is 0 Å². The Labute approximate surface area is 115 Å². The minimum atomic E-state index is -0.301. The molecule has 1 saturated heterocycles. The van der Waals surface area contributed by atoms with E-state index in [-0.39, 0.29) is 5.97 Å². The number of rotatable bonds is 3. The summed E-state index contributed by atoms with van der Waals surface area (Å²) in [5, 5.41) is 3.33. The van der Waals surface area contributed by atoms with Crippen molar-refractivity contribution in [1.82, 2.24) is 10.2 Å². The van der Waals surface area contributed by atoms with Gasteiger partial charge in [-0.3, -0.25) is 4.90 Å². The maximum absolute atomic E-state index is 11.4. The lowest BCUT2D eigenvalue weighted by Crippen LogP contribution is -2.42. The third kappa shape index (κ3) is 3.31. The molecule has 1 aromatic carbocycles. The summed E-state index contributed by atoms with van der Waals surface area (Å²) in [5.41, 5.74) is 1.78. The summed E-state index contributed by atoms with van der Waals surface area (Å²) in [4.78, 5) is 13.8. The van der Waals surface area contributed by atoms with Crippen LogP contribution in [0.15, 0.2) is 22.7 Å². The van der Waals surface area contributed by atoms with Gasteiger partial charge in [0.1, 0.15) is 0 Å². The lowest BCUT2D eigenvalue weighted by molar-refractivity contribution is 0.0600. The number of esters is 1. The standard InChI is InChI=1S/C13H17BrN2O2/c1-18-13(17)10-2-3-11(12(14)8-10)9-16-6-4-15-5-7-16/h2-3,8,15H,4-7,9H2,1H3. The Morgan fingerprint density at radius 3 is 2.78 bits per heavy atom. The third-order valence-corrected chi connectivity index (χ3v) is 3.82. The molecule has 0 bridgehead atoms. The van der Waals surface area contributed by atoms with Crippen LogP contribution in [0.3, 0.4) is 0 Å².